The Labute approximate surface area is 178 Å². The molecule has 3 rings (SSSR count). The average molecular weight is 426 g/mol. The summed E-state index contributed by atoms with van der Waals surface area (Å²) in [6.45, 7) is 4.14. The van der Waals surface area contributed by atoms with Crippen molar-refractivity contribution in [1.29, 1.82) is 0 Å². The van der Waals surface area contributed by atoms with Gasteiger partial charge in [-0.15, -0.1) is 0 Å². The van der Waals surface area contributed by atoms with E-state index in [1.165, 1.54) is 0 Å². The van der Waals surface area contributed by atoms with E-state index in [0.717, 1.165) is 11.3 Å². The first kappa shape index (κ1) is 21.9. The van der Waals surface area contributed by atoms with Crippen LogP contribution in [0, 0.1) is 5.92 Å². The van der Waals surface area contributed by atoms with Crippen LogP contribution in [0.25, 0.3) is 0 Å². The monoisotopic (exact) mass is 425 g/mol. The van der Waals surface area contributed by atoms with E-state index in [-0.39, 0.29) is 10.9 Å². The van der Waals surface area contributed by atoms with Crippen molar-refractivity contribution < 1.29 is 17.9 Å². The number of rotatable bonds is 9. The van der Waals surface area contributed by atoms with Gasteiger partial charge in [-0.1, -0.05) is 44.2 Å². The number of sulfonamides is 1. The number of nitrogens with one attached hydrogen (secondary N) is 1. The predicted octanol–water partition coefficient (Wildman–Crippen LogP) is 5.55. The van der Waals surface area contributed by atoms with Gasteiger partial charge in [-0.2, -0.15) is 0 Å². The smallest absolute Gasteiger partial charge is 0.241 e. The van der Waals surface area contributed by atoms with Gasteiger partial charge in [0.25, 0.3) is 0 Å². The van der Waals surface area contributed by atoms with Gasteiger partial charge in [-0.05, 0) is 66.4 Å². The van der Waals surface area contributed by atoms with Crippen molar-refractivity contribution in [1.82, 2.24) is 4.72 Å². The third-order valence-corrected chi connectivity index (χ3v) is 6.12. The highest BCUT2D eigenvalue weighted by atomic mass is 32.2. The van der Waals surface area contributed by atoms with Crippen LogP contribution in [-0.4, -0.2) is 15.5 Å². The summed E-state index contributed by atoms with van der Waals surface area (Å²) < 4.78 is 39.8. The molecule has 30 heavy (non-hydrogen) atoms. The maximum atomic E-state index is 13.0. The van der Waals surface area contributed by atoms with Crippen molar-refractivity contribution in [2.24, 2.45) is 5.92 Å². The Morgan fingerprint density at radius 3 is 1.93 bits per heavy atom. The number of ether oxygens (including phenoxy) is 2. The molecule has 0 spiro atoms. The highest BCUT2D eigenvalue weighted by Crippen LogP contribution is 2.27. The molecule has 0 amide bonds. The van der Waals surface area contributed by atoms with E-state index < -0.39 is 10.0 Å². The van der Waals surface area contributed by atoms with Crippen molar-refractivity contribution in [3.8, 4) is 17.2 Å². The van der Waals surface area contributed by atoms with E-state index in [1.54, 1.807) is 31.4 Å². The lowest BCUT2D eigenvalue weighted by Crippen LogP contribution is -2.29. The van der Waals surface area contributed by atoms with Crippen LogP contribution in [0.3, 0.4) is 0 Å². The second kappa shape index (κ2) is 9.78. The minimum Gasteiger partial charge on any atom is -0.497 e. The first-order chi connectivity index (χ1) is 14.4. The molecule has 6 heteroatoms. The molecule has 1 atom stereocenters. The molecule has 0 aromatic heterocycles. The molecule has 0 radical (unpaired) electrons. The minimum absolute atomic E-state index is 0.199. The first-order valence-corrected chi connectivity index (χ1v) is 11.3. The summed E-state index contributed by atoms with van der Waals surface area (Å²) in [6.07, 6.45) is 0.681. The second-order valence-electron chi connectivity index (χ2n) is 7.46. The Kier molecular flexibility index (Phi) is 7.13. The quantitative estimate of drug-likeness (QED) is 0.488. The van der Waals surface area contributed by atoms with Gasteiger partial charge in [0.05, 0.1) is 12.0 Å². The molecule has 0 heterocycles. The van der Waals surface area contributed by atoms with Crippen molar-refractivity contribution in [3.63, 3.8) is 0 Å². The molecule has 0 aliphatic carbocycles. The molecule has 0 fully saturated rings. The molecule has 0 bridgehead atoms. The van der Waals surface area contributed by atoms with Crippen LogP contribution in [0.2, 0.25) is 0 Å². The van der Waals surface area contributed by atoms with E-state index >= 15 is 0 Å². The van der Waals surface area contributed by atoms with E-state index in [4.69, 9.17) is 9.47 Å². The van der Waals surface area contributed by atoms with Crippen molar-refractivity contribution in [2.45, 2.75) is 31.2 Å². The largest absolute Gasteiger partial charge is 0.497 e. The molecule has 0 aliphatic rings. The van der Waals surface area contributed by atoms with Gasteiger partial charge in [0.2, 0.25) is 10.0 Å². The minimum atomic E-state index is -3.70. The van der Waals surface area contributed by atoms with Gasteiger partial charge < -0.3 is 9.47 Å². The number of hydrogen-bond donors (Lipinski definition) is 1. The molecule has 0 aliphatic heterocycles. The van der Waals surface area contributed by atoms with Crippen LogP contribution in [0.1, 0.15) is 31.9 Å². The van der Waals surface area contributed by atoms with E-state index in [2.05, 4.69) is 18.6 Å². The summed E-state index contributed by atoms with van der Waals surface area (Å²) in [6, 6.07) is 22.9. The van der Waals surface area contributed by atoms with Gasteiger partial charge in [-0.25, -0.2) is 13.1 Å². The van der Waals surface area contributed by atoms with Crippen molar-refractivity contribution >= 4 is 10.0 Å². The van der Waals surface area contributed by atoms with Crippen LogP contribution in [0.4, 0.5) is 0 Å². The van der Waals surface area contributed by atoms with E-state index in [1.807, 2.05) is 54.6 Å². The summed E-state index contributed by atoms with van der Waals surface area (Å²) in [5.74, 6) is 2.33. The summed E-state index contributed by atoms with van der Waals surface area (Å²) in [5.41, 5.74) is 0.900. The Balaban J connectivity index is 1.77. The average Bonchev–Trinajstić information content (AvgIpc) is 2.74. The maximum Gasteiger partial charge on any atom is 0.241 e. The Morgan fingerprint density at radius 1 is 0.800 bits per heavy atom. The number of benzene rings is 3. The Hall–Kier alpha value is -2.83. The van der Waals surface area contributed by atoms with E-state index in [9.17, 15) is 8.42 Å². The maximum absolute atomic E-state index is 13.0. The summed E-state index contributed by atoms with van der Waals surface area (Å²) >= 11 is 0. The van der Waals surface area contributed by atoms with Gasteiger partial charge in [-0.3, -0.25) is 0 Å². The number of hydrogen-bond acceptors (Lipinski definition) is 4. The standard InChI is InChI=1S/C24H27NO4S/c1-18(2)17-24(19-9-11-20(28-3)12-10-19)25-30(26,27)23-15-13-22(14-16-23)29-21-7-5-4-6-8-21/h4-16,18,24-25H,17H2,1-3H3. The lowest BCUT2D eigenvalue weighted by molar-refractivity contribution is 0.414. The molecule has 3 aromatic rings. The molecule has 1 unspecified atom stereocenters. The van der Waals surface area contributed by atoms with Crippen LogP contribution in [0.5, 0.6) is 17.2 Å². The van der Waals surface area contributed by atoms with E-state index in [0.29, 0.717) is 23.8 Å². The van der Waals surface area contributed by atoms with Crippen LogP contribution in [0.15, 0.2) is 83.8 Å². The third-order valence-electron chi connectivity index (χ3n) is 4.64. The predicted molar refractivity (Wildman–Crippen MR) is 118 cm³/mol. The first-order valence-electron chi connectivity index (χ1n) is 9.86. The molecule has 0 saturated heterocycles. The van der Waals surface area contributed by atoms with Crippen LogP contribution in [-0.2, 0) is 10.0 Å². The van der Waals surface area contributed by atoms with Gasteiger partial charge >= 0.3 is 0 Å². The molecular weight excluding hydrogens is 398 g/mol. The summed E-state index contributed by atoms with van der Waals surface area (Å²) in [5, 5.41) is 0. The number of methoxy groups -OCH3 is 1. The van der Waals surface area contributed by atoms with Crippen LogP contribution >= 0.6 is 0 Å². The Bertz CT molecular complexity index is 1030. The fraction of sp³-hybridized carbons (Fsp3) is 0.250. The zero-order valence-electron chi connectivity index (χ0n) is 17.4. The molecule has 0 saturated carbocycles. The van der Waals surface area contributed by atoms with Crippen LogP contribution < -0.4 is 14.2 Å². The van der Waals surface area contributed by atoms with Crippen molar-refractivity contribution in [2.75, 3.05) is 7.11 Å². The number of para-hydroxylation sites is 1. The summed E-state index contributed by atoms with van der Waals surface area (Å²) in [7, 11) is -2.09. The normalized spacial score (nSPS) is 12.5. The lowest BCUT2D eigenvalue weighted by Gasteiger charge is -2.21. The molecule has 158 valence electrons. The van der Waals surface area contributed by atoms with Gasteiger partial charge in [0, 0.05) is 6.04 Å². The topological polar surface area (TPSA) is 64.6 Å². The second-order valence-corrected chi connectivity index (χ2v) is 9.18. The highest BCUT2D eigenvalue weighted by molar-refractivity contribution is 7.89. The fourth-order valence-electron chi connectivity index (χ4n) is 3.13. The zero-order chi connectivity index (χ0) is 21.6. The van der Waals surface area contributed by atoms with Gasteiger partial charge in [0.15, 0.2) is 0 Å². The molecule has 3 aromatic carbocycles. The molecule has 1 N–H and O–H groups in total. The lowest BCUT2D eigenvalue weighted by atomic mass is 9.98. The highest BCUT2D eigenvalue weighted by Gasteiger charge is 2.22. The zero-order valence-corrected chi connectivity index (χ0v) is 18.2. The Morgan fingerprint density at radius 2 is 1.37 bits per heavy atom. The van der Waals surface area contributed by atoms with Crippen molar-refractivity contribution in [3.05, 3.63) is 84.4 Å². The summed E-state index contributed by atoms with van der Waals surface area (Å²) in [4.78, 5) is 0.199. The van der Waals surface area contributed by atoms with Gasteiger partial charge in [0.1, 0.15) is 17.2 Å². The third kappa shape index (κ3) is 5.84. The SMILES string of the molecule is COc1ccc(C(CC(C)C)NS(=O)(=O)c2ccc(Oc3ccccc3)cc2)cc1. The molecular formula is C24H27NO4S. The fourth-order valence-corrected chi connectivity index (χ4v) is 4.36. The molecule has 5 nitrogen and oxygen atoms in total.